The van der Waals surface area contributed by atoms with Crippen molar-refractivity contribution in [2.45, 2.75) is 239 Å². The molecule has 10 atom stereocenters. The molecule has 2 fully saturated rings. The van der Waals surface area contributed by atoms with Crippen LogP contribution in [-0.4, -0.2) is 271 Å². The molecule has 29 nitrogen and oxygen atoms in total. The fourth-order valence-electron chi connectivity index (χ4n) is 13.5. The SMILES string of the molecule is CCCCN1CC(=O)N(C)[C@@H](Cc2cccc(Cl)c2)C(=O)N[C@@H](CCC(=O)NS(C)(=O)=O)C(=O)N(C)[C@@H](CC(C)C)C(=O)N[C@@H]([C@@H](C)O)C(=O)N(CCCC)CC(=O)N(C)[C@@H](Cc2ccccc2)C(=O)N(C)[C@@H](CC(C)C)C(=O)N[C@@H](CC(C)C)C(=O)N(C)[C@@H](CC(C)C)C(=O)N[C@H](C(=O)N2CCCCC2)CC1=O. The van der Waals surface area contributed by atoms with Crippen molar-refractivity contribution in [1.82, 2.24) is 65.2 Å². The van der Waals surface area contributed by atoms with Crippen LogP contribution in [0.1, 0.15) is 177 Å². The number of aliphatic hydroxyl groups is 1. The Hall–Kier alpha value is -8.25. The van der Waals surface area contributed by atoms with Gasteiger partial charge in [-0.15, -0.1) is 0 Å². The summed E-state index contributed by atoms with van der Waals surface area (Å²) in [6.07, 6.45) is 0.749. The molecule has 6 N–H and O–H groups in total. The molecule has 31 heteroatoms. The molecule has 2 heterocycles. The third-order valence-electron chi connectivity index (χ3n) is 19.8. The van der Waals surface area contributed by atoms with Gasteiger partial charge >= 0.3 is 0 Å². The summed E-state index contributed by atoms with van der Waals surface area (Å²) in [6, 6.07) is 1.90. The van der Waals surface area contributed by atoms with Crippen LogP contribution in [-0.2, 0) is 85.2 Å². The maximum absolute atomic E-state index is 15.5. The zero-order valence-electron chi connectivity index (χ0n) is 67.3. The molecule has 0 radical (unpaired) electrons. The predicted octanol–water partition coefficient (Wildman–Crippen LogP) is 4.29. The summed E-state index contributed by atoms with van der Waals surface area (Å²) in [6.45, 7) is 18.7. The monoisotopic (exact) mass is 1570 g/mol. The number of piperidine rings is 1. The van der Waals surface area contributed by atoms with Gasteiger partial charge in [-0.1, -0.05) is 136 Å². The van der Waals surface area contributed by atoms with E-state index >= 15 is 52.7 Å². The van der Waals surface area contributed by atoms with Crippen LogP contribution in [0.5, 0.6) is 0 Å². The summed E-state index contributed by atoms with van der Waals surface area (Å²) in [4.78, 5) is 206. The molecule has 0 aromatic heterocycles. The first kappa shape index (κ1) is 93.1. The number of aliphatic hydroxyl groups excluding tert-OH is 1. The fraction of sp³-hybridized carbons (Fsp3) is 0.679. The van der Waals surface area contributed by atoms with Crippen LogP contribution in [0.25, 0.3) is 0 Å². The third-order valence-corrected chi connectivity index (χ3v) is 20.7. The Balaban J connectivity index is 2.07. The van der Waals surface area contributed by atoms with Crippen molar-refractivity contribution in [2.75, 3.05) is 80.8 Å². The highest BCUT2D eigenvalue weighted by molar-refractivity contribution is 7.89. The average Bonchev–Trinajstić information content (AvgIpc) is 0.817. The Morgan fingerprint density at radius 3 is 1.48 bits per heavy atom. The van der Waals surface area contributed by atoms with Gasteiger partial charge in [-0.05, 0) is 118 Å². The lowest BCUT2D eigenvalue weighted by molar-refractivity contribution is -0.151. The fourth-order valence-corrected chi connectivity index (χ4v) is 14.2. The van der Waals surface area contributed by atoms with E-state index in [-0.39, 0.29) is 80.3 Å². The highest BCUT2D eigenvalue weighted by atomic mass is 35.5. The first-order valence-corrected chi connectivity index (χ1v) is 40.7. The van der Waals surface area contributed by atoms with Crippen molar-refractivity contribution < 1.29 is 75.9 Å². The number of unbranched alkanes of at least 4 members (excludes halogenated alkanes) is 2. The number of carbonyl (C=O) groups is 13. The summed E-state index contributed by atoms with van der Waals surface area (Å²) in [5.74, 6) is -11.7. The molecule has 610 valence electrons. The van der Waals surface area contributed by atoms with Crippen molar-refractivity contribution in [3.05, 3.63) is 70.7 Å². The Labute approximate surface area is 650 Å². The van der Waals surface area contributed by atoms with Gasteiger partial charge in [-0.3, -0.25) is 67.1 Å². The van der Waals surface area contributed by atoms with Gasteiger partial charge in [0, 0.05) is 85.7 Å². The Morgan fingerprint density at radius 1 is 0.523 bits per heavy atom. The van der Waals surface area contributed by atoms with E-state index in [0.717, 1.165) is 27.4 Å². The summed E-state index contributed by atoms with van der Waals surface area (Å²) >= 11 is 6.49. The molecule has 2 aliphatic heterocycles. The van der Waals surface area contributed by atoms with Crippen molar-refractivity contribution in [2.24, 2.45) is 23.7 Å². The third kappa shape index (κ3) is 29.5. The van der Waals surface area contributed by atoms with Gasteiger partial charge in [0.2, 0.25) is 86.8 Å². The highest BCUT2D eigenvalue weighted by Crippen LogP contribution is 2.24. The molecule has 0 bridgehead atoms. The highest BCUT2D eigenvalue weighted by Gasteiger charge is 2.44. The topological polar surface area (TPSA) is 362 Å². The van der Waals surface area contributed by atoms with E-state index in [1.807, 2.05) is 60.1 Å². The van der Waals surface area contributed by atoms with Gasteiger partial charge in [0.05, 0.1) is 31.9 Å². The standard InChI is InChI=1S/C78H124ClN13O16S/c1-18-20-35-91-47-67(96)85(12)63(45-55-31-28-32-56(79)43-55)72(100)80-57(33-34-65(94)84-109(17,107)108)74(102)87(14)62(42-52(9)10)73(101)83-69(53(11)93)78(106)92(36-21-19-2)48-68(97)86(13)64(44-54-29-24-22-25-30-54)77(105)89(16)61(41-51(7)8)71(99)81-58(39-49(3)4)75(103)88(15)60(40-50(5)6)70(98)82-59(46-66(91)95)76(104)90-37-26-23-27-38-90/h22,24-25,28-32,43,49-53,57-64,69,93H,18-21,23,26-27,33-42,44-48H2,1-17H3,(H,80,100)(H,81,99)(H,82,98)(H,83,101)(H,84,94)/t53-,57+,58+,59+,60+,61+,62+,63+,64+,69+/m1/s1. The second-order valence-corrected chi connectivity index (χ2v) is 33.3. The van der Waals surface area contributed by atoms with Crippen LogP contribution < -0.4 is 26.0 Å². The van der Waals surface area contributed by atoms with Gasteiger partial charge in [0.1, 0.15) is 54.4 Å². The molecular weight excluding hydrogens is 1440 g/mol. The van der Waals surface area contributed by atoms with E-state index in [1.54, 1.807) is 73.3 Å². The van der Waals surface area contributed by atoms with Crippen molar-refractivity contribution >= 4 is 98.4 Å². The number of hydrogen-bond donors (Lipinski definition) is 6. The van der Waals surface area contributed by atoms with Gasteiger partial charge < -0.3 is 65.6 Å². The molecule has 2 aromatic rings. The maximum Gasteiger partial charge on any atom is 0.248 e. The number of sulfonamides is 1. The van der Waals surface area contributed by atoms with E-state index in [2.05, 4.69) is 21.3 Å². The molecule has 13 amide bonds. The first-order valence-electron chi connectivity index (χ1n) is 38.5. The van der Waals surface area contributed by atoms with E-state index in [1.165, 1.54) is 61.8 Å². The number of amides is 13. The molecule has 109 heavy (non-hydrogen) atoms. The van der Waals surface area contributed by atoms with Gasteiger partial charge in [0.15, 0.2) is 0 Å². The first-order chi connectivity index (χ1) is 51.1. The molecule has 2 saturated heterocycles. The van der Waals surface area contributed by atoms with Crippen LogP contribution >= 0.6 is 11.6 Å². The van der Waals surface area contributed by atoms with Crippen LogP contribution in [0.4, 0.5) is 0 Å². The molecular formula is C78H124ClN13O16S. The Kier molecular flexibility index (Phi) is 38.1. The maximum atomic E-state index is 15.5. The number of halogens is 1. The number of likely N-dealkylation sites (tertiary alicyclic amines) is 1. The zero-order chi connectivity index (χ0) is 81.9. The minimum atomic E-state index is -4.15. The molecule has 0 saturated carbocycles. The number of hydrogen-bond acceptors (Lipinski definition) is 16. The predicted molar refractivity (Wildman–Crippen MR) is 416 cm³/mol. The number of nitrogens with zero attached hydrogens (tertiary/aromatic N) is 8. The average molecular weight is 1570 g/mol. The van der Waals surface area contributed by atoms with Crippen molar-refractivity contribution in [3.8, 4) is 0 Å². The molecule has 0 aliphatic carbocycles. The second kappa shape index (κ2) is 44.6. The normalized spacial score (nSPS) is 23.4. The molecule has 0 spiro atoms. The number of carbonyl (C=O) groups excluding carboxylic acids is 13. The summed E-state index contributed by atoms with van der Waals surface area (Å²) in [7, 11) is 2.64. The number of nitrogens with one attached hydrogen (secondary N) is 5. The van der Waals surface area contributed by atoms with E-state index in [4.69, 9.17) is 11.6 Å². The van der Waals surface area contributed by atoms with Gasteiger partial charge in [-0.25, -0.2) is 8.42 Å². The van der Waals surface area contributed by atoms with Gasteiger partial charge in [-0.2, -0.15) is 0 Å². The minimum Gasteiger partial charge on any atom is -0.391 e. The number of benzene rings is 2. The quantitative estimate of drug-likeness (QED) is 0.0853. The molecule has 0 unspecified atom stereocenters. The Morgan fingerprint density at radius 2 is 0.972 bits per heavy atom. The summed E-state index contributed by atoms with van der Waals surface area (Å²) in [5.41, 5.74) is 1.06. The van der Waals surface area contributed by atoms with Crippen LogP contribution in [0.3, 0.4) is 0 Å². The van der Waals surface area contributed by atoms with Crippen LogP contribution in [0.2, 0.25) is 5.02 Å². The number of likely N-dealkylation sites (N-methyl/N-ethyl adjacent to an activating group) is 5. The number of rotatable bonds is 24. The lowest BCUT2D eigenvalue weighted by Crippen LogP contribution is -2.62. The second-order valence-electron chi connectivity index (χ2n) is 31.1. The van der Waals surface area contributed by atoms with Crippen molar-refractivity contribution in [1.29, 1.82) is 0 Å². The largest absolute Gasteiger partial charge is 0.391 e. The van der Waals surface area contributed by atoms with Crippen LogP contribution in [0, 0.1) is 23.7 Å². The molecule has 2 aliphatic rings. The Bertz CT molecular complexity index is 3540. The molecule has 4 rings (SSSR count). The summed E-state index contributed by atoms with van der Waals surface area (Å²) < 4.78 is 26.5. The van der Waals surface area contributed by atoms with E-state index < -0.39 is 180 Å². The lowest BCUT2D eigenvalue weighted by Gasteiger charge is -2.38. The van der Waals surface area contributed by atoms with Crippen molar-refractivity contribution in [3.63, 3.8) is 0 Å². The van der Waals surface area contributed by atoms with Gasteiger partial charge in [0.25, 0.3) is 0 Å². The smallest absolute Gasteiger partial charge is 0.248 e. The minimum absolute atomic E-state index is 0.0331. The van der Waals surface area contributed by atoms with E-state index in [0.29, 0.717) is 62.7 Å². The summed E-state index contributed by atoms with van der Waals surface area (Å²) in [5, 5.41) is 22.9. The lowest BCUT2D eigenvalue weighted by atomic mass is 9.96. The zero-order valence-corrected chi connectivity index (χ0v) is 68.8. The van der Waals surface area contributed by atoms with E-state index in [9.17, 15) is 23.1 Å². The molecule has 2 aromatic carbocycles. The van der Waals surface area contributed by atoms with Crippen LogP contribution in [0.15, 0.2) is 54.6 Å².